The molecule has 27 heavy (non-hydrogen) atoms. The van der Waals surface area contributed by atoms with E-state index in [1.165, 1.54) is 29.8 Å². The first-order valence-electron chi connectivity index (χ1n) is 7.96. The highest BCUT2D eigenvalue weighted by Crippen LogP contribution is 2.30. The van der Waals surface area contributed by atoms with Crippen LogP contribution in [0.3, 0.4) is 0 Å². The molecule has 10 heteroatoms. The number of nitrogens with zero attached hydrogens (tertiary/aromatic N) is 5. The van der Waals surface area contributed by atoms with Gasteiger partial charge in [0, 0.05) is 31.2 Å². The molecule has 0 aromatic carbocycles. The fraction of sp³-hybridized carbons (Fsp3) is 0.118. The van der Waals surface area contributed by atoms with Crippen molar-refractivity contribution in [3.8, 4) is 10.4 Å². The first kappa shape index (κ1) is 16.9. The number of aromatic nitrogens is 5. The van der Waals surface area contributed by atoms with E-state index in [2.05, 4.69) is 20.5 Å². The van der Waals surface area contributed by atoms with Gasteiger partial charge in [-0.2, -0.15) is 10.2 Å². The highest BCUT2D eigenvalue weighted by Gasteiger charge is 2.18. The van der Waals surface area contributed by atoms with Gasteiger partial charge in [0.25, 0.3) is 5.91 Å². The number of nitrogens with two attached hydrogens (primary N) is 1. The van der Waals surface area contributed by atoms with Gasteiger partial charge in [-0.05, 0) is 13.0 Å². The molecule has 0 aliphatic heterocycles. The Morgan fingerprint density at radius 2 is 2.00 bits per heavy atom. The number of fused-ring (bicyclic) bond motifs is 1. The average molecular weight is 381 g/mol. The number of hydrogen-bond acceptors (Lipinski definition) is 6. The lowest BCUT2D eigenvalue weighted by molar-refractivity contribution is 0.0996. The Morgan fingerprint density at radius 3 is 2.70 bits per heavy atom. The summed E-state index contributed by atoms with van der Waals surface area (Å²) in [4.78, 5) is 29.9. The molecule has 4 heterocycles. The van der Waals surface area contributed by atoms with Gasteiger partial charge in [-0.3, -0.25) is 19.3 Å². The first-order valence-corrected chi connectivity index (χ1v) is 8.78. The number of anilines is 1. The zero-order chi connectivity index (χ0) is 19.1. The van der Waals surface area contributed by atoms with Crippen LogP contribution in [-0.2, 0) is 7.05 Å². The summed E-state index contributed by atoms with van der Waals surface area (Å²) in [6.45, 7) is 1.74. The molecule has 0 unspecified atom stereocenters. The van der Waals surface area contributed by atoms with Crippen LogP contribution in [-0.4, -0.2) is 36.2 Å². The smallest absolute Gasteiger partial charge is 0.260 e. The van der Waals surface area contributed by atoms with E-state index in [9.17, 15) is 9.59 Å². The van der Waals surface area contributed by atoms with Crippen molar-refractivity contribution in [2.24, 2.45) is 12.8 Å². The van der Waals surface area contributed by atoms with Crippen molar-refractivity contribution >= 4 is 33.7 Å². The maximum atomic E-state index is 12.8. The molecule has 0 bridgehead atoms. The SMILES string of the molecule is Cc1ncc(C(N)=O)cc1NC(=O)c1cnn2cc(-c3cnn(C)c3)sc12. The number of carbonyl (C=O) groups is 2. The van der Waals surface area contributed by atoms with Gasteiger partial charge in [0.05, 0.1) is 39.8 Å². The Balaban J connectivity index is 1.66. The summed E-state index contributed by atoms with van der Waals surface area (Å²) in [6.07, 6.45) is 8.40. The van der Waals surface area contributed by atoms with Crippen LogP contribution in [0, 0.1) is 6.92 Å². The summed E-state index contributed by atoms with van der Waals surface area (Å²) in [7, 11) is 1.84. The monoisotopic (exact) mass is 381 g/mol. The topological polar surface area (TPSA) is 120 Å². The van der Waals surface area contributed by atoms with E-state index in [4.69, 9.17) is 5.73 Å². The Hall–Kier alpha value is -3.53. The molecule has 0 radical (unpaired) electrons. The molecule has 4 aromatic rings. The summed E-state index contributed by atoms with van der Waals surface area (Å²) in [6, 6.07) is 1.51. The molecule has 2 amide bonds. The summed E-state index contributed by atoms with van der Waals surface area (Å²) >= 11 is 1.44. The molecule has 0 saturated carbocycles. The summed E-state index contributed by atoms with van der Waals surface area (Å²) in [5.41, 5.74) is 7.90. The van der Waals surface area contributed by atoms with E-state index in [0.717, 1.165) is 10.4 Å². The van der Waals surface area contributed by atoms with Gasteiger partial charge in [-0.25, -0.2) is 4.52 Å². The van der Waals surface area contributed by atoms with Crippen molar-refractivity contribution in [3.05, 3.63) is 53.9 Å². The largest absolute Gasteiger partial charge is 0.366 e. The third kappa shape index (κ3) is 3.06. The van der Waals surface area contributed by atoms with Crippen molar-refractivity contribution in [2.45, 2.75) is 6.92 Å². The van der Waals surface area contributed by atoms with Crippen LogP contribution in [0.25, 0.3) is 15.3 Å². The number of nitrogens with one attached hydrogen (secondary N) is 1. The average Bonchev–Trinajstić information content (AvgIpc) is 3.31. The minimum absolute atomic E-state index is 0.228. The summed E-state index contributed by atoms with van der Waals surface area (Å²) < 4.78 is 3.37. The van der Waals surface area contributed by atoms with Gasteiger partial charge in [0.1, 0.15) is 4.83 Å². The number of rotatable bonds is 4. The molecule has 0 saturated heterocycles. The molecule has 0 fully saturated rings. The Kier molecular flexibility index (Phi) is 3.96. The zero-order valence-corrected chi connectivity index (χ0v) is 15.3. The standard InChI is InChI=1S/C17H15N7O2S/c1-9-13(3-10(4-19-9)15(18)25)22-16(26)12-6-21-24-8-14(27-17(12)24)11-5-20-23(2)7-11/h3-8H,1-2H3,(H2,18,25)(H,22,26). The lowest BCUT2D eigenvalue weighted by atomic mass is 10.2. The second-order valence-corrected chi connectivity index (χ2v) is 7.01. The molecular formula is C17H15N7O2S. The molecule has 4 rings (SSSR count). The van der Waals surface area contributed by atoms with Crippen molar-refractivity contribution < 1.29 is 9.59 Å². The molecular weight excluding hydrogens is 366 g/mol. The second-order valence-electron chi connectivity index (χ2n) is 5.98. The number of aryl methyl sites for hydroxylation is 2. The van der Waals surface area contributed by atoms with E-state index in [-0.39, 0.29) is 11.5 Å². The fourth-order valence-corrected chi connectivity index (χ4v) is 3.64. The van der Waals surface area contributed by atoms with Gasteiger partial charge in [-0.1, -0.05) is 0 Å². The van der Waals surface area contributed by atoms with Crippen molar-refractivity contribution in [2.75, 3.05) is 5.32 Å². The maximum Gasteiger partial charge on any atom is 0.260 e. The Morgan fingerprint density at radius 1 is 1.19 bits per heavy atom. The highest BCUT2D eigenvalue weighted by molar-refractivity contribution is 7.21. The number of carbonyl (C=O) groups excluding carboxylic acids is 2. The van der Waals surface area contributed by atoms with Gasteiger partial charge >= 0.3 is 0 Å². The van der Waals surface area contributed by atoms with E-state index in [0.29, 0.717) is 21.8 Å². The van der Waals surface area contributed by atoms with Crippen LogP contribution in [0.2, 0.25) is 0 Å². The summed E-state index contributed by atoms with van der Waals surface area (Å²) in [5, 5.41) is 11.2. The van der Waals surface area contributed by atoms with Gasteiger partial charge in [0.15, 0.2) is 0 Å². The van der Waals surface area contributed by atoms with Crippen LogP contribution in [0.4, 0.5) is 5.69 Å². The third-order valence-corrected chi connectivity index (χ3v) is 5.21. The maximum absolute atomic E-state index is 12.8. The Labute approximate surface area is 157 Å². The molecule has 0 aliphatic rings. The van der Waals surface area contributed by atoms with Crippen LogP contribution in [0.15, 0.2) is 37.1 Å². The zero-order valence-electron chi connectivity index (χ0n) is 14.5. The quantitative estimate of drug-likeness (QED) is 0.559. The number of primary amides is 1. The second kappa shape index (κ2) is 6.32. The highest BCUT2D eigenvalue weighted by atomic mass is 32.1. The Bertz CT molecular complexity index is 1190. The molecule has 4 aromatic heterocycles. The lowest BCUT2D eigenvalue weighted by Gasteiger charge is -2.07. The van der Waals surface area contributed by atoms with Gasteiger partial charge in [-0.15, -0.1) is 11.3 Å². The first-order chi connectivity index (χ1) is 12.9. The minimum atomic E-state index is -0.606. The predicted molar refractivity (Wildman–Crippen MR) is 101 cm³/mol. The number of pyridine rings is 1. The molecule has 9 nitrogen and oxygen atoms in total. The van der Waals surface area contributed by atoms with Gasteiger partial charge < -0.3 is 11.1 Å². The summed E-state index contributed by atoms with van der Waals surface area (Å²) in [5.74, 6) is -0.943. The van der Waals surface area contributed by atoms with Crippen LogP contribution < -0.4 is 11.1 Å². The number of hydrogen-bond donors (Lipinski definition) is 2. The number of amides is 2. The third-order valence-electron chi connectivity index (χ3n) is 4.05. The van der Waals surface area contributed by atoms with E-state index >= 15 is 0 Å². The molecule has 3 N–H and O–H groups in total. The van der Waals surface area contributed by atoms with Crippen molar-refractivity contribution in [1.29, 1.82) is 0 Å². The van der Waals surface area contributed by atoms with Gasteiger partial charge in [0.2, 0.25) is 5.91 Å². The van der Waals surface area contributed by atoms with E-state index in [1.807, 2.05) is 19.4 Å². The minimum Gasteiger partial charge on any atom is -0.366 e. The molecule has 0 spiro atoms. The fourth-order valence-electron chi connectivity index (χ4n) is 2.61. The van der Waals surface area contributed by atoms with E-state index in [1.54, 1.807) is 22.3 Å². The normalized spacial score (nSPS) is 11.0. The van der Waals surface area contributed by atoms with Crippen LogP contribution in [0.5, 0.6) is 0 Å². The van der Waals surface area contributed by atoms with Crippen LogP contribution in [0.1, 0.15) is 26.4 Å². The van der Waals surface area contributed by atoms with E-state index < -0.39 is 5.91 Å². The van der Waals surface area contributed by atoms with Crippen LogP contribution >= 0.6 is 11.3 Å². The predicted octanol–water partition coefficient (Wildman–Crippen LogP) is 1.85. The molecule has 136 valence electrons. The number of thiazole rings is 1. The molecule has 0 aliphatic carbocycles. The van der Waals surface area contributed by atoms with Crippen molar-refractivity contribution in [3.63, 3.8) is 0 Å². The lowest BCUT2D eigenvalue weighted by Crippen LogP contribution is -2.16. The molecule has 0 atom stereocenters. The van der Waals surface area contributed by atoms with Crippen molar-refractivity contribution in [1.82, 2.24) is 24.4 Å².